The second kappa shape index (κ2) is 5.21. The van der Waals surface area contributed by atoms with E-state index in [1.807, 2.05) is 43.3 Å². The maximum Gasteiger partial charge on any atom is 0.215 e. The van der Waals surface area contributed by atoms with E-state index in [-0.39, 0.29) is 0 Å². The number of methoxy groups -OCH3 is 1. The molecule has 1 N–H and O–H groups in total. The Labute approximate surface area is 116 Å². The molecule has 0 atom stereocenters. The van der Waals surface area contributed by atoms with Crippen LogP contribution in [0.3, 0.4) is 0 Å². The van der Waals surface area contributed by atoms with Crippen molar-refractivity contribution in [2.45, 2.75) is 6.92 Å². The Kier molecular flexibility index (Phi) is 3.25. The third-order valence-electron chi connectivity index (χ3n) is 2.97. The zero-order valence-corrected chi connectivity index (χ0v) is 11.4. The molecule has 3 rings (SSSR count). The van der Waals surface area contributed by atoms with Gasteiger partial charge in [-0.2, -0.15) is 4.98 Å². The molecule has 0 radical (unpaired) electrons. The summed E-state index contributed by atoms with van der Waals surface area (Å²) in [5.74, 6) is 2.19. The van der Waals surface area contributed by atoms with Gasteiger partial charge in [0.05, 0.1) is 19.2 Å². The average molecular weight is 269 g/mol. The van der Waals surface area contributed by atoms with E-state index in [0.717, 1.165) is 22.7 Å². The first-order valence-electron chi connectivity index (χ1n) is 6.44. The number of aromatic amines is 1. The number of hydrogen-bond acceptors (Lipinski definition) is 4. The highest BCUT2D eigenvalue weighted by Gasteiger charge is 2.07. The lowest BCUT2D eigenvalue weighted by atomic mass is 10.2. The lowest BCUT2D eigenvalue weighted by Crippen LogP contribution is -1.90. The number of imidazole rings is 1. The minimum absolute atomic E-state index is 0.558. The Hall–Kier alpha value is -2.56. The van der Waals surface area contributed by atoms with Crippen molar-refractivity contribution < 1.29 is 9.47 Å². The summed E-state index contributed by atoms with van der Waals surface area (Å²) in [4.78, 5) is 12.0. The molecule has 5 heteroatoms. The summed E-state index contributed by atoms with van der Waals surface area (Å²) in [7, 11) is 1.59. The minimum atomic E-state index is 0.558. The van der Waals surface area contributed by atoms with Gasteiger partial charge in [-0.3, -0.25) is 0 Å². The van der Waals surface area contributed by atoms with Crippen molar-refractivity contribution in [1.29, 1.82) is 0 Å². The highest BCUT2D eigenvalue weighted by atomic mass is 16.5. The Balaban J connectivity index is 1.96. The third-order valence-corrected chi connectivity index (χ3v) is 2.97. The van der Waals surface area contributed by atoms with E-state index in [4.69, 9.17) is 9.47 Å². The van der Waals surface area contributed by atoms with Crippen LogP contribution in [0.25, 0.3) is 22.6 Å². The number of rotatable bonds is 4. The number of ether oxygens (including phenoxy) is 2. The summed E-state index contributed by atoms with van der Waals surface area (Å²) in [6.45, 7) is 2.62. The fourth-order valence-electron chi connectivity index (χ4n) is 2.00. The van der Waals surface area contributed by atoms with E-state index in [0.29, 0.717) is 18.1 Å². The Bertz CT molecular complexity index is 720. The Morgan fingerprint density at radius 2 is 1.85 bits per heavy atom. The molecule has 2 heterocycles. The second-order valence-corrected chi connectivity index (χ2v) is 4.27. The normalized spacial score (nSPS) is 10.7. The van der Waals surface area contributed by atoms with Crippen LogP contribution in [0.1, 0.15) is 6.92 Å². The van der Waals surface area contributed by atoms with Gasteiger partial charge >= 0.3 is 0 Å². The Morgan fingerprint density at radius 1 is 1.05 bits per heavy atom. The van der Waals surface area contributed by atoms with E-state index in [2.05, 4.69) is 15.0 Å². The van der Waals surface area contributed by atoms with Gasteiger partial charge in [0, 0.05) is 11.6 Å². The molecule has 0 aliphatic heterocycles. The van der Waals surface area contributed by atoms with Crippen LogP contribution < -0.4 is 9.47 Å². The van der Waals surface area contributed by atoms with Gasteiger partial charge in [0.15, 0.2) is 5.65 Å². The van der Waals surface area contributed by atoms with Crippen LogP contribution >= 0.6 is 0 Å². The van der Waals surface area contributed by atoms with Gasteiger partial charge in [-0.05, 0) is 37.3 Å². The summed E-state index contributed by atoms with van der Waals surface area (Å²) in [6.07, 6.45) is 0. The van der Waals surface area contributed by atoms with Crippen molar-refractivity contribution in [3.05, 3.63) is 36.4 Å². The van der Waals surface area contributed by atoms with E-state index in [1.165, 1.54) is 0 Å². The monoisotopic (exact) mass is 269 g/mol. The number of benzene rings is 1. The fraction of sp³-hybridized carbons (Fsp3) is 0.200. The molecule has 0 saturated heterocycles. The summed E-state index contributed by atoms with van der Waals surface area (Å²) < 4.78 is 10.5. The summed E-state index contributed by atoms with van der Waals surface area (Å²) >= 11 is 0. The molecule has 5 nitrogen and oxygen atoms in total. The van der Waals surface area contributed by atoms with Crippen LogP contribution in [0.5, 0.6) is 11.6 Å². The number of nitrogens with zero attached hydrogens (tertiary/aromatic N) is 2. The van der Waals surface area contributed by atoms with Gasteiger partial charge in [-0.15, -0.1) is 0 Å². The zero-order chi connectivity index (χ0) is 13.9. The predicted octanol–water partition coefficient (Wildman–Crippen LogP) is 3.03. The standard InChI is InChI=1S/C15H15N3O2/c1-3-20-11-6-4-10(5-7-11)14-16-12-8-9-13(19-2)17-15(12)18-14/h4-9H,3H2,1-2H3,(H,16,17,18). The molecule has 1 aromatic carbocycles. The number of fused-ring (bicyclic) bond motifs is 1. The van der Waals surface area contributed by atoms with Gasteiger partial charge in [-0.1, -0.05) is 0 Å². The molecule has 0 fully saturated rings. The summed E-state index contributed by atoms with van der Waals surface area (Å²) in [5, 5.41) is 0. The van der Waals surface area contributed by atoms with Gasteiger partial charge < -0.3 is 14.5 Å². The van der Waals surface area contributed by atoms with Crippen LogP contribution in [0, 0.1) is 0 Å². The van der Waals surface area contributed by atoms with Crippen LogP contribution in [0.15, 0.2) is 36.4 Å². The smallest absolute Gasteiger partial charge is 0.215 e. The van der Waals surface area contributed by atoms with Gasteiger partial charge in [0.25, 0.3) is 0 Å². The van der Waals surface area contributed by atoms with Crippen LogP contribution in [-0.4, -0.2) is 28.7 Å². The molecule has 0 amide bonds. The highest BCUT2D eigenvalue weighted by molar-refractivity contribution is 5.76. The van der Waals surface area contributed by atoms with Gasteiger partial charge in [-0.25, -0.2) is 4.98 Å². The highest BCUT2D eigenvalue weighted by Crippen LogP contribution is 2.23. The molecule has 0 bridgehead atoms. The van der Waals surface area contributed by atoms with Crippen molar-refractivity contribution in [3.63, 3.8) is 0 Å². The summed E-state index contributed by atoms with van der Waals surface area (Å²) in [6, 6.07) is 11.5. The summed E-state index contributed by atoms with van der Waals surface area (Å²) in [5.41, 5.74) is 2.52. The Morgan fingerprint density at radius 3 is 2.55 bits per heavy atom. The maximum absolute atomic E-state index is 5.43. The molecular formula is C15H15N3O2. The van der Waals surface area contributed by atoms with Gasteiger partial charge in [0.1, 0.15) is 11.6 Å². The molecule has 0 aliphatic rings. The number of H-pyrrole nitrogens is 1. The number of nitrogens with one attached hydrogen (secondary N) is 1. The van der Waals surface area contributed by atoms with E-state index in [1.54, 1.807) is 7.11 Å². The molecule has 0 aliphatic carbocycles. The SMILES string of the molecule is CCOc1ccc(-c2nc3nc(OC)ccc3[nH]2)cc1. The van der Waals surface area contributed by atoms with E-state index in [9.17, 15) is 0 Å². The number of hydrogen-bond donors (Lipinski definition) is 1. The van der Waals surface area contributed by atoms with Crippen LogP contribution in [0.2, 0.25) is 0 Å². The molecule has 20 heavy (non-hydrogen) atoms. The number of aromatic nitrogens is 3. The lowest BCUT2D eigenvalue weighted by Gasteiger charge is -2.02. The maximum atomic E-state index is 5.43. The van der Waals surface area contributed by atoms with Crippen molar-refractivity contribution in [2.75, 3.05) is 13.7 Å². The number of pyridine rings is 1. The largest absolute Gasteiger partial charge is 0.494 e. The van der Waals surface area contributed by atoms with E-state index >= 15 is 0 Å². The van der Waals surface area contributed by atoms with E-state index < -0.39 is 0 Å². The molecule has 2 aromatic heterocycles. The third kappa shape index (κ3) is 2.30. The van der Waals surface area contributed by atoms with Crippen LogP contribution in [-0.2, 0) is 0 Å². The molecule has 102 valence electrons. The molecule has 0 unspecified atom stereocenters. The molecular weight excluding hydrogens is 254 g/mol. The average Bonchev–Trinajstić information content (AvgIpc) is 2.91. The predicted molar refractivity (Wildman–Crippen MR) is 77.0 cm³/mol. The molecule has 0 spiro atoms. The topological polar surface area (TPSA) is 60.0 Å². The minimum Gasteiger partial charge on any atom is -0.494 e. The zero-order valence-electron chi connectivity index (χ0n) is 11.4. The molecule has 3 aromatic rings. The van der Waals surface area contributed by atoms with Crippen molar-refractivity contribution in [1.82, 2.24) is 15.0 Å². The van der Waals surface area contributed by atoms with Crippen molar-refractivity contribution in [2.24, 2.45) is 0 Å². The fourth-order valence-corrected chi connectivity index (χ4v) is 2.00. The molecule has 0 saturated carbocycles. The quantitative estimate of drug-likeness (QED) is 0.790. The first-order valence-corrected chi connectivity index (χ1v) is 6.44. The second-order valence-electron chi connectivity index (χ2n) is 4.27. The van der Waals surface area contributed by atoms with Crippen molar-refractivity contribution >= 4 is 11.2 Å². The van der Waals surface area contributed by atoms with Crippen LogP contribution in [0.4, 0.5) is 0 Å². The lowest BCUT2D eigenvalue weighted by molar-refractivity contribution is 0.340. The van der Waals surface area contributed by atoms with Gasteiger partial charge in [0.2, 0.25) is 5.88 Å². The first kappa shape index (κ1) is 12.5. The first-order chi connectivity index (χ1) is 9.80. The van der Waals surface area contributed by atoms with Crippen molar-refractivity contribution in [3.8, 4) is 23.0 Å².